The highest BCUT2D eigenvalue weighted by atomic mass is 32.2. The number of aromatic nitrogens is 4. The first-order valence-electron chi connectivity index (χ1n) is 10.9. The van der Waals surface area contributed by atoms with E-state index in [9.17, 15) is 9.59 Å². The fourth-order valence-electron chi connectivity index (χ4n) is 3.44. The Morgan fingerprint density at radius 3 is 2.51 bits per heavy atom. The highest BCUT2D eigenvalue weighted by Crippen LogP contribution is 2.27. The normalized spacial score (nSPS) is 10.9. The molecule has 9 nitrogen and oxygen atoms in total. The number of carbonyl (C=O) groups excluding carboxylic acids is 2. The molecule has 1 amide bonds. The van der Waals surface area contributed by atoms with Gasteiger partial charge in [-0.3, -0.25) is 4.79 Å². The number of aryl methyl sites for hydroxylation is 3. The SMILES string of the molecule is Cc1ccc(-n2nc(C)c(NC(=O)COC(=O)c3ccccc3SCc3nc(C)no3)c2C)cc1. The summed E-state index contributed by atoms with van der Waals surface area (Å²) in [5.74, 6) is 0.393. The molecule has 0 unspecified atom stereocenters. The number of ether oxygens (including phenoxy) is 1. The molecule has 10 heteroatoms. The maximum Gasteiger partial charge on any atom is 0.339 e. The number of thioether (sulfide) groups is 1. The van der Waals surface area contributed by atoms with Crippen molar-refractivity contribution in [1.82, 2.24) is 19.9 Å². The molecule has 2 heterocycles. The third kappa shape index (κ3) is 5.78. The molecule has 1 N–H and O–H groups in total. The molecule has 35 heavy (non-hydrogen) atoms. The lowest BCUT2D eigenvalue weighted by Crippen LogP contribution is -2.21. The van der Waals surface area contributed by atoms with Gasteiger partial charge in [-0.05, 0) is 52.0 Å². The predicted octanol–water partition coefficient (Wildman–Crippen LogP) is 4.58. The van der Waals surface area contributed by atoms with Gasteiger partial charge in [0.1, 0.15) is 0 Å². The van der Waals surface area contributed by atoms with E-state index in [0.717, 1.165) is 16.9 Å². The van der Waals surface area contributed by atoms with E-state index in [1.807, 2.05) is 51.1 Å². The minimum absolute atomic E-state index is 0.362. The zero-order valence-electron chi connectivity index (χ0n) is 19.9. The average Bonchev–Trinajstić information content (AvgIpc) is 3.39. The van der Waals surface area contributed by atoms with Crippen molar-refractivity contribution >= 4 is 29.3 Å². The summed E-state index contributed by atoms with van der Waals surface area (Å²) in [5, 5.41) is 11.1. The molecule has 0 aliphatic carbocycles. The van der Waals surface area contributed by atoms with Crippen LogP contribution in [0.4, 0.5) is 5.69 Å². The summed E-state index contributed by atoms with van der Waals surface area (Å²) in [6, 6.07) is 15.0. The van der Waals surface area contributed by atoms with Crippen LogP contribution in [0.1, 0.15) is 39.0 Å². The van der Waals surface area contributed by atoms with Crippen LogP contribution >= 0.6 is 11.8 Å². The first-order valence-corrected chi connectivity index (χ1v) is 11.9. The Labute approximate surface area is 206 Å². The number of anilines is 1. The summed E-state index contributed by atoms with van der Waals surface area (Å²) in [7, 11) is 0. The monoisotopic (exact) mass is 491 g/mol. The van der Waals surface area contributed by atoms with Gasteiger partial charge in [-0.2, -0.15) is 10.1 Å². The summed E-state index contributed by atoms with van der Waals surface area (Å²) in [6.45, 7) is 7.03. The van der Waals surface area contributed by atoms with Crippen molar-refractivity contribution < 1.29 is 18.8 Å². The van der Waals surface area contributed by atoms with Crippen molar-refractivity contribution in [2.45, 2.75) is 38.3 Å². The van der Waals surface area contributed by atoms with Crippen molar-refractivity contribution in [3.05, 3.63) is 82.8 Å². The molecule has 4 rings (SSSR count). The Balaban J connectivity index is 1.38. The van der Waals surface area contributed by atoms with E-state index in [-0.39, 0.29) is 0 Å². The van der Waals surface area contributed by atoms with Gasteiger partial charge in [0.15, 0.2) is 12.4 Å². The first kappa shape index (κ1) is 24.2. The third-order valence-electron chi connectivity index (χ3n) is 5.20. The molecule has 0 saturated heterocycles. The van der Waals surface area contributed by atoms with E-state index in [1.165, 1.54) is 11.8 Å². The second-order valence-corrected chi connectivity index (χ2v) is 8.95. The summed E-state index contributed by atoms with van der Waals surface area (Å²) in [5.41, 5.74) is 4.45. The van der Waals surface area contributed by atoms with Crippen LogP contribution < -0.4 is 5.32 Å². The molecule has 4 aromatic rings. The maximum absolute atomic E-state index is 12.7. The van der Waals surface area contributed by atoms with E-state index < -0.39 is 18.5 Å². The fraction of sp³-hybridized carbons (Fsp3) is 0.240. The minimum Gasteiger partial charge on any atom is -0.452 e. The Morgan fingerprint density at radius 1 is 1.06 bits per heavy atom. The quantitative estimate of drug-likeness (QED) is 0.282. The lowest BCUT2D eigenvalue weighted by Gasteiger charge is -2.10. The number of hydrogen-bond donors (Lipinski definition) is 1. The summed E-state index contributed by atoms with van der Waals surface area (Å²) < 4.78 is 12.2. The Kier molecular flexibility index (Phi) is 7.31. The topological polar surface area (TPSA) is 112 Å². The molecule has 0 fully saturated rings. The average molecular weight is 492 g/mol. The Bertz CT molecular complexity index is 1360. The van der Waals surface area contributed by atoms with E-state index in [0.29, 0.717) is 39.3 Å². The van der Waals surface area contributed by atoms with Gasteiger partial charge in [-0.15, -0.1) is 11.8 Å². The molecule has 0 atom stereocenters. The largest absolute Gasteiger partial charge is 0.452 e. The number of rotatable bonds is 8. The van der Waals surface area contributed by atoms with Gasteiger partial charge >= 0.3 is 5.97 Å². The summed E-state index contributed by atoms with van der Waals surface area (Å²) in [6.07, 6.45) is 0. The van der Waals surface area contributed by atoms with Gasteiger partial charge in [0.2, 0.25) is 5.89 Å². The fourth-order valence-corrected chi connectivity index (χ4v) is 4.32. The van der Waals surface area contributed by atoms with Crippen LogP contribution in [0.25, 0.3) is 5.69 Å². The highest BCUT2D eigenvalue weighted by molar-refractivity contribution is 7.98. The molecule has 2 aromatic carbocycles. The van der Waals surface area contributed by atoms with Crippen molar-refractivity contribution in [2.24, 2.45) is 0 Å². The number of benzene rings is 2. The number of nitrogens with zero attached hydrogens (tertiary/aromatic N) is 4. The lowest BCUT2D eigenvalue weighted by atomic mass is 10.2. The number of nitrogens with one attached hydrogen (secondary N) is 1. The van der Waals surface area contributed by atoms with Crippen molar-refractivity contribution in [3.63, 3.8) is 0 Å². The number of carbonyl (C=O) groups is 2. The van der Waals surface area contributed by atoms with Gasteiger partial charge in [0.05, 0.1) is 34.1 Å². The zero-order chi connectivity index (χ0) is 24.9. The molecule has 0 aliphatic rings. The van der Waals surface area contributed by atoms with Crippen LogP contribution in [0.15, 0.2) is 57.9 Å². The van der Waals surface area contributed by atoms with Crippen LogP contribution in [0.5, 0.6) is 0 Å². The first-order chi connectivity index (χ1) is 16.8. The maximum atomic E-state index is 12.7. The summed E-state index contributed by atoms with van der Waals surface area (Å²) in [4.78, 5) is 30.1. The minimum atomic E-state index is -0.589. The molecule has 0 spiro atoms. The van der Waals surface area contributed by atoms with Crippen LogP contribution in [0.3, 0.4) is 0 Å². The zero-order valence-corrected chi connectivity index (χ0v) is 20.7. The van der Waals surface area contributed by atoms with E-state index in [2.05, 4.69) is 20.6 Å². The van der Waals surface area contributed by atoms with Gasteiger partial charge in [0, 0.05) is 4.90 Å². The molecule has 0 saturated carbocycles. The number of esters is 1. The molecular weight excluding hydrogens is 466 g/mol. The van der Waals surface area contributed by atoms with Crippen molar-refractivity contribution in [3.8, 4) is 5.69 Å². The van der Waals surface area contributed by atoms with Gasteiger partial charge < -0.3 is 14.6 Å². The van der Waals surface area contributed by atoms with Gasteiger partial charge in [0.25, 0.3) is 5.91 Å². The van der Waals surface area contributed by atoms with Crippen LogP contribution in [0, 0.1) is 27.7 Å². The number of hydrogen-bond acceptors (Lipinski definition) is 8. The standard InChI is InChI=1S/C25H25N5O4S/c1-15-9-11-19(12-10-15)30-17(3)24(16(2)28-30)27-22(31)13-33-25(32)20-7-5-6-8-21(20)35-14-23-26-18(4)29-34-23/h5-12H,13-14H2,1-4H3,(H,27,31). The molecule has 0 radical (unpaired) electrons. The Morgan fingerprint density at radius 2 is 1.80 bits per heavy atom. The molecular formula is C25H25N5O4S. The molecule has 2 aromatic heterocycles. The molecule has 0 aliphatic heterocycles. The van der Waals surface area contributed by atoms with E-state index in [1.54, 1.807) is 29.8 Å². The lowest BCUT2D eigenvalue weighted by molar-refractivity contribution is -0.119. The van der Waals surface area contributed by atoms with Crippen molar-refractivity contribution in [1.29, 1.82) is 0 Å². The second kappa shape index (κ2) is 10.6. The highest BCUT2D eigenvalue weighted by Gasteiger charge is 2.18. The van der Waals surface area contributed by atoms with Gasteiger partial charge in [-0.1, -0.05) is 35.0 Å². The van der Waals surface area contributed by atoms with Crippen LogP contribution in [-0.4, -0.2) is 38.4 Å². The smallest absolute Gasteiger partial charge is 0.339 e. The van der Waals surface area contributed by atoms with Gasteiger partial charge in [-0.25, -0.2) is 9.48 Å². The second-order valence-electron chi connectivity index (χ2n) is 7.94. The molecule has 0 bridgehead atoms. The summed E-state index contributed by atoms with van der Waals surface area (Å²) >= 11 is 1.38. The van der Waals surface area contributed by atoms with Crippen LogP contribution in [0.2, 0.25) is 0 Å². The predicted molar refractivity (Wildman–Crippen MR) is 132 cm³/mol. The van der Waals surface area contributed by atoms with E-state index >= 15 is 0 Å². The third-order valence-corrected chi connectivity index (χ3v) is 6.25. The van der Waals surface area contributed by atoms with Crippen molar-refractivity contribution in [2.75, 3.05) is 11.9 Å². The van der Waals surface area contributed by atoms with Crippen LogP contribution in [-0.2, 0) is 15.3 Å². The molecule has 180 valence electrons. The number of amides is 1. The Hall–Kier alpha value is -3.92. The van der Waals surface area contributed by atoms with E-state index in [4.69, 9.17) is 9.26 Å².